The smallest absolute Gasteiger partial charge is 0.0634 e. The van der Waals surface area contributed by atoms with Crippen molar-refractivity contribution in [3.05, 3.63) is 0 Å². The molecule has 0 radical (unpaired) electrons. The van der Waals surface area contributed by atoms with Crippen molar-refractivity contribution >= 4 is 0 Å². The van der Waals surface area contributed by atoms with Gasteiger partial charge in [0.1, 0.15) is 0 Å². The molecule has 0 aliphatic heterocycles. The molecule has 3 saturated carbocycles. The fraction of sp³-hybridized carbons (Fsp3) is 1.00. The third-order valence-electron chi connectivity index (χ3n) is 13.1. The highest BCUT2D eigenvalue weighted by atomic mass is 16.5. The maximum atomic E-state index is 6.93. The molecule has 3 rings (SSSR count). The summed E-state index contributed by atoms with van der Waals surface area (Å²) in [5.41, 5.74) is 17.8. The van der Waals surface area contributed by atoms with Crippen LogP contribution in [0.5, 0.6) is 0 Å². The summed E-state index contributed by atoms with van der Waals surface area (Å²) in [6.45, 7) is 16.7. The van der Waals surface area contributed by atoms with E-state index in [-0.39, 0.29) is 5.41 Å². The summed E-state index contributed by atoms with van der Waals surface area (Å²) in [5.74, 6) is 4.00. The molecule has 284 valence electrons. The summed E-state index contributed by atoms with van der Waals surface area (Å²) >= 11 is 0. The summed E-state index contributed by atoms with van der Waals surface area (Å²) in [6.07, 6.45) is 24.4. The maximum Gasteiger partial charge on any atom is 0.0634 e. The number of unbranched alkanes of at least 4 members (excludes halogenated alkanes) is 5. The highest BCUT2D eigenvalue weighted by molar-refractivity contribution is 5.07. The van der Waals surface area contributed by atoms with Gasteiger partial charge in [0.2, 0.25) is 0 Å². The van der Waals surface area contributed by atoms with Crippen LogP contribution in [-0.4, -0.2) is 70.9 Å². The normalized spacial score (nSPS) is 31.9. The van der Waals surface area contributed by atoms with Gasteiger partial charge < -0.3 is 36.7 Å². The molecular weight excluding hydrogens is 596 g/mol. The van der Waals surface area contributed by atoms with Crippen molar-refractivity contribution in [2.45, 2.75) is 168 Å². The number of fused-ring (bicyclic) bond motifs is 1. The summed E-state index contributed by atoms with van der Waals surface area (Å²) in [6, 6.07) is 0. The average Bonchev–Trinajstić information content (AvgIpc) is 3.45. The van der Waals surface area contributed by atoms with Crippen molar-refractivity contribution in [3.8, 4) is 0 Å². The molecule has 10 unspecified atom stereocenters. The van der Waals surface area contributed by atoms with Gasteiger partial charge >= 0.3 is 0 Å². The number of ether oxygens (including phenoxy) is 3. The first kappa shape index (κ1) is 42.1. The lowest BCUT2D eigenvalue weighted by Gasteiger charge is -2.53. The molecule has 0 saturated heterocycles. The fourth-order valence-electron chi connectivity index (χ4n) is 10.3. The minimum absolute atomic E-state index is 0.185. The molecule has 0 spiro atoms. The Balaban J connectivity index is 1.67. The van der Waals surface area contributed by atoms with Gasteiger partial charge in [-0.2, -0.15) is 0 Å². The SMILES string of the molecule is CCCCCCCCNCCCC(C)C1CCC2C(C(CC3CC(OCCCN)CCC3C)OCCCN)CCC(OCCCN)C12C. The lowest BCUT2D eigenvalue weighted by Crippen LogP contribution is -2.53. The molecule has 0 aromatic carbocycles. The molecule has 7 N–H and O–H groups in total. The van der Waals surface area contributed by atoms with Gasteiger partial charge in [-0.3, -0.25) is 0 Å². The van der Waals surface area contributed by atoms with E-state index in [1.807, 2.05) is 0 Å². The first-order valence-electron chi connectivity index (χ1n) is 21.1. The molecule has 0 aromatic rings. The van der Waals surface area contributed by atoms with Gasteiger partial charge in [-0.05, 0) is 164 Å². The van der Waals surface area contributed by atoms with Crippen molar-refractivity contribution in [3.63, 3.8) is 0 Å². The second-order valence-electron chi connectivity index (χ2n) is 16.5. The third-order valence-corrected chi connectivity index (χ3v) is 13.1. The summed E-state index contributed by atoms with van der Waals surface area (Å²) in [5, 5.41) is 3.76. The van der Waals surface area contributed by atoms with Crippen LogP contribution in [0.25, 0.3) is 0 Å². The van der Waals surface area contributed by atoms with Crippen molar-refractivity contribution in [1.82, 2.24) is 5.32 Å². The van der Waals surface area contributed by atoms with Gasteiger partial charge in [0.05, 0.1) is 18.3 Å². The van der Waals surface area contributed by atoms with E-state index in [9.17, 15) is 0 Å². The van der Waals surface area contributed by atoms with Crippen molar-refractivity contribution in [2.75, 3.05) is 52.5 Å². The Hall–Kier alpha value is -0.280. The quantitative estimate of drug-likeness (QED) is 0.0655. The lowest BCUT2D eigenvalue weighted by atomic mass is 9.56. The van der Waals surface area contributed by atoms with Crippen LogP contribution in [0.2, 0.25) is 0 Å². The van der Waals surface area contributed by atoms with Crippen LogP contribution in [0.3, 0.4) is 0 Å². The first-order valence-corrected chi connectivity index (χ1v) is 21.1. The zero-order valence-corrected chi connectivity index (χ0v) is 32.2. The van der Waals surface area contributed by atoms with E-state index >= 15 is 0 Å². The number of nitrogens with one attached hydrogen (secondary N) is 1. The van der Waals surface area contributed by atoms with Crippen LogP contribution < -0.4 is 22.5 Å². The first-order chi connectivity index (χ1) is 23.4. The molecular formula is C41H82N4O3. The Labute approximate surface area is 297 Å². The molecule has 7 heteroatoms. The molecule has 48 heavy (non-hydrogen) atoms. The molecule has 3 aliphatic rings. The third kappa shape index (κ3) is 13.0. The summed E-state index contributed by atoms with van der Waals surface area (Å²) in [7, 11) is 0. The number of hydrogen-bond donors (Lipinski definition) is 4. The Morgan fingerprint density at radius 3 is 2.19 bits per heavy atom. The predicted molar refractivity (Wildman–Crippen MR) is 203 cm³/mol. The molecule has 0 bridgehead atoms. The number of rotatable bonds is 27. The van der Waals surface area contributed by atoms with E-state index in [1.54, 1.807) is 0 Å². The van der Waals surface area contributed by atoms with Gasteiger partial charge in [-0.25, -0.2) is 0 Å². The Morgan fingerprint density at radius 2 is 1.44 bits per heavy atom. The van der Waals surface area contributed by atoms with Crippen LogP contribution >= 0.6 is 0 Å². The van der Waals surface area contributed by atoms with E-state index in [2.05, 4.69) is 33.0 Å². The molecule has 3 fully saturated rings. The number of hydrogen-bond acceptors (Lipinski definition) is 7. The minimum atomic E-state index is 0.185. The van der Waals surface area contributed by atoms with Gasteiger partial charge in [0, 0.05) is 19.8 Å². The van der Waals surface area contributed by atoms with E-state index in [0.717, 1.165) is 64.9 Å². The molecule has 7 nitrogen and oxygen atoms in total. The second-order valence-corrected chi connectivity index (χ2v) is 16.5. The van der Waals surface area contributed by atoms with Crippen LogP contribution in [0.4, 0.5) is 0 Å². The van der Waals surface area contributed by atoms with E-state index in [0.29, 0.717) is 73.5 Å². The zero-order valence-electron chi connectivity index (χ0n) is 32.2. The van der Waals surface area contributed by atoms with Gasteiger partial charge in [-0.1, -0.05) is 59.8 Å². The standard InChI is InChI=1S/C41H82N4O3/c1-5-6-7-8-9-10-25-45-26-11-15-33(3)37-19-20-38-36(18-21-40(41(37,38)4)48-29-14-24-44)39(47-28-13-23-43)31-34-30-35(17-16-32(34)2)46-27-12-22-42/h32-40,45H,5-31,42-44H2,1-4H3. The van der Waals surface area contributed by atoms with Crippen molar-refractivity contribution in [1.29, 1.82) is 0 Å². The second kappa shape index (κ2) is 24.1. The largest absolute Gasteiger partial charge is 0.378 e. The van der Waals surface area contributed by atoms with E-state index < -0.39 is 0 Å². The van der Waals surface area contributed by atoms with Gasteiger partial charge in [0.25, 0.3) is 0 Å². The van der Waals surface area contributed by atoms with Gasteiger partial charge in [-0.15, -0.1) is 0 Å². The highest BCUT2D eigenvalue weighted by Gasteiger charge is 2.59. The molecule has 0 amide bonds. The van der Waals surface area contributed by atoms with Crippen LogP contribution in [0.15, 0.2) is 0 Å². The number of nitrogens with two attached hydrogens (primary N) is 3. The van der Waals surface area contributed by atoms with Crippen LogP contribution in [-0.2, 0) is 14.2 Å². The van der Waals surface area contributed by atoms with E-state index in [4.69, 9.17) is 31.4 Å². The average molecular weight is 679 g/mol. The summed E-state index contributed by atoms with van der Waals surface area (Å²) in [4.78, 5) is 0. The predicted octanol–water partition coefficient (Wildman–Crippen LogP) is 7.82. The van der Waals surface area contributed by atoms with Crippen molar-refractivity contribution < 1.29 is 14.2 Å². The highest BCUT2D eigenvalue weighted by Crippen LogP contribution is 2.62. The molecule has 3 aliphatic carbocycles. The zero-order chi connectivity index (χ0) is 34.6. The van der Waals surface area contributed by atoms with Crippen LogP contribution in [0, 0.1) is 40.9 Å². The Bertz CT molecular complexity index is 804. The lowest BCUT2D eigenvalue weighted by molar-refractivity contribution is -0.150. The minimum Gasteiger partial charge on any atom is -0.378 e. The van der Waals surface area contributed by atoms with Gasteiger partial charge in [0.15, 0.2) is 0 Å². The maximum absolute atomic E-state index is 6.93. The Morgan fingerprint density at radius 1 is 0.750 bits per heavy atom. The van der Waals surface area contributed by atoms with Crippen molar-refractivity contribution in [2.24, 2.45) is 58.1 Å². The fourth-order valence-corrected chi connectivity index (χ4v) is 10.3. The van der Waals surface area contributed by atoms with Crippen LogP contribution in [0.1, 0.15) is 150 Å². The molecule has 0 heterocycles. The van der Waals surface area contributed by atoms with E-state index in [1.165, 1.54) is 90.0 Å². The molecule has 10 atom stereocenters. The summed E-state index contributed by atoms with van der Waals surface area (Å²) < 4.78 is 20.1. The Kier molecular flexibility index (Phi) is 21.1. The molecule has 0 aromatic heterocycles. The monoisotopic (exact) mass is 679 g/mol. The topological polar surface area (TPSA) is 118 Å².